The zero-order valence-corrected chi connectivity index (χ0v) is 13.0. The number of alkyl halides is 2. The van der Waals surface area contributed by atoms with Crippen LogP contribution in [0.25, 0.3) is 0 Å². The van der Waals surface area contributed by atoms with Crippen LogP contribution in [-0.2, 0) is 11.3 Å². The first-order valence-electron chi connectivity index (χ1n) is 6.70. The number of furan rings is 1. The molecule has 0 saturated heterocycles. The summed E-state index contributed by atoms with van der Waals surface area (Å²) in [6.45, 7) is -2.55. The summed E-state index contributed by atoms with van der Waals surface area (Å²) in [7, 11) is 1.65. The molecule has 0 saturated carbocycles. The molecule has 1 aromatic carbocycles. The Balaban J connectivity index is 1.87. The number of nitrogens with one attached hydrogen (secondary N) is 1. The molecule has 0 unspecified atom stereocenters. The topological polar surface area (TPSA) is 54.7 Å². The first-order valence-corrected chi connectivity index (χ1v) is 7.08. The van der Waals surface area contributed by atoms with Gasteiger partial charge in [0.1, 0.15) is 11.5 Å². The molecule has 0 bridgehead atoms. The molecule has 0 spiro atoms. The lowest BCUT2D eigenvalue weighted by atomic mass is 10.3. The van der Waals surface area contributed by atoms with E-state index in [0.29, 0.717) is 18.0 Å². The van der Waals surface area contributed by atoms with Crippen molar-refractivity contribution in [2.45, 2.75) is 13.2 Å². The Morgan fingerprint density at radius 3 is 2.83 bits per heavy atom. The monoisotopic (exact) mass is 344 g/mol. The molecule has 8 heteroatoms. The predicted octanol–water partition coefficient (Wildman–Crippen LogP) is 3.60. The predicted molar refractivity (Wildman–Crippen MR) is 81.8 cm³/mol. The van der Waals surface area contributed by atoms with E-state index < -0.39 is 6.61 Å². The molecule has 0 radical (unpaired) electrons. The van der Waals surface area contributed by atoms with Gasteiger partial charge in [0.15, 0.2) is 0 Å². The number of hydrogen-bond donors (Lipinski definition) is 1. The Hall–Kier alpha value is -2.28. The molecule has 0 aliphatic rings. The summed E-state index contributed by atoms with van der Waals surface area (Å²) in [6.07, 6.45) is 1.54. The van der Waals surface area contributed by atoms with Crippen LogP contribution in [0, 0.1) is 0 Å². The molecule has 2 aromatic rings. The van der Waals surface area contributed by atoms with Crippen molar-refractivity contribution in [2.24, 2.45) is 0 Å². The highest BCUT2D eigenvalue weighted by atomic mass is 35.5. The lowest BCUT2D eigenvalue weighted by Gasteiger charge is -2.17. The Kier molecular flexibility index (Phi) is 5.81. The Morgan fingerprint density at radius 2 is 2.22 bits per heavy atom. The summed E-state index contributed by atoms with van der Waals surface area (Å²) < 4.78 is 33.7. The molecule has 124 valence electrons. The number of amides is 1. The molecule has 0 fully saturated rings. The number of likely N-dealkylation sites (N-methyl/N-ethyl adjacent to an activating group) is 1. The number of carbonyl (C=O) groups is 1. The summed E-state index contributed by atoms with van der Waals surface area (Å²) in [5.74, 6) is 0.399. The van der Waals surface area contributed by atoms with Crippen LogP contribution in [0.5, 0.6) is 5.75 Å². The van der Waals surface area contributed by atoms with E-state index in [9.17, 15) is 13.6 Å². The molecular weight excluding hydrogens is 330 g/mol. The number of anilines is 1. The minimum Gasteiger partial charge on any atom is -0.467 e. The molecule has 0 aliphatic heterocycles. The minimum absolute atomic E-state index is 0.0303. The molecule has 0 atom stereocenters. The summed E-state index contributed by atoms with van der Waals surface area (Å²) in [6, 6.07) is 7.76. The van der Waals surface area contributed by atoms with Gasteiger partial charge in [-0.25, -0.2) is 0 Å². The third-order valence-corrected chi connectivity index (χ3v) is 3.29. The van der Waals surface area contributed by atoms with E-state index in [1.165, 1.54) is 29.4 Å². The van der Waals surface area contributed by atoms with Gasteiger partial charge in [0.25, 0.3) is 0 Å². The zero-order chi connectivity index (χ0) is 16.8. The van der Waals surface area contributed by atoms with Crippen LogP contribution in [0.15, 0.2) is 41.0 Å². The number of ether oxygens (including phenoxy) is 1. The Labute approximate surface area is 136 Å². The fraction of sp³-hybridized carbons (Fsp3) is 0.267. The lowest BCUT2D eigenvalue weighted by Crippen LogP contribution is -2.31. The SMILES string of the molecule is CN(Cc1ccco1)C(=O)CNc1ccc(OC(F)F)c(Cl)c1. The highest BCUT2D eigenvalue weighted by Crippen LogP contribution is 2.28. The largest absolute Gasteiger partial charge is 0.467 e. The van der Waals surface area contributed by atoms with E-state index in [2.05, 4.69) is 10.1 Å². The second-order valence-corrected chi connectivity index (χ2v) is 5.11. The van der Waals surface area contributed by atoms with Gasteiger partial charge in [0.2, 0.25) is 5.91 Å². The average Bonchev–Trinajstić information content (AvgIpc) is 2.99. The number of rotatable bonds is 7. The van der Waals surface area contributed by atoms with Gasteiger partial charge in [-0.2, -0.15) is 8.78 Å². The van der Waals surface area contributed by atoms with Crippen molar-refractivity contribution in [3.05, 3.63) is 47.4 Å². The molecule has 1 amide bonds. The average molecular weight is 345 g/mol. The van der Waals surface area contributed by atoms with Gasteiger partial charge in [-0.1, -0.05) is 11.6 Å². The van der Waals surface area contributed by atoms with Crippen molar-refractivity contribution in [3.8, 4) is 5.75 Å². The second-order valence-electron chi connectivity index (χ2n) is 4.71. The van der Waals surface area contributed by atoms with E-state index in [0.717, 1.165) is 0 Å². The van der Waals surface area contributed by atoms with Crippen molar-refractivity contribution in [3.63, 3.8) is 0 Å². The fourth-order valence-electron chi connectivity index (χ4n) is 1.84. The lowest BCUT2D eigenvalue weighted by molar-refractivity contribution is -0.128. The van der Waals surface area contributed by atoms with Crippen LogP contribution in [0.1, 0.15) is 5.76 Å². The molecular formula is C15H15ClF2N2O3. The van der Waals surface area contributed by atoms with Crippen molar-refractivity contribution in [2.75, 3.05) is 18.9 Å². The molecule has 1 N–H and O–H groups in total. The maximum absolute atomic E-state index is 12.1. The van der Waals surface area contributed by atoms with E-state index in [1.54, 1.807) is 19.2 Å². The van der Waals surface area contributed by atoms with Crippen LogP contribution < -0.4 is 10.1 Å². The van der Waals surface area contributed by atoms with Gasteiger partial charge in [-0.05, 0) is 30.3 Å². The van der Waals surface area contributed by atoms with Crippen LogP contribution >= 0.6 is 11.6 Å². The third kappa shape index (κ3) is 5.14. The minimum atomic E-state index is -2.94. The number of benzene rings is 1. The first-order chi connectivity index (χ1) is 11.0. The maximum atomic E-state index is 12.1. The van der Waals surface area contributed by atoms with E-state index in [-0.39, 0.29) is 23.2 Å². The fourth-order valence-corrected chi connectivity index (χ4v) is 2.06. The van der Waals surface area contributed by atoms with E-state index >= 15 is 0 Å². The Morgan fingerprint density at radius 1 is 1.43 bits per heavy atom. The van der Waals surface area contributed by atoms with Crippen LogP contribution in [-0.4, -0.2) is 31.0 Å². The molecule has 2 rings (SSSR count). The van der Waals surface area contributed by atoms with E-state index in [4.69, 9.17) is 16.0 Å². The van der Waals surface area contributed by atoms with Crippen LogP contribution in [0.2, 0.25) is 5.02 Å². The number of halogens is 3. The highest BCUT2D eigenvalue weighted by Gasteiger charge is 2.12. The number of carbonyl (C=O) groups excluding carboxylic acids is 1. The van der Waals surface area contributed by atoms with Crippen molar-refractivity contribution >= 4 is 23.2 Å². The quantitative estimate of drug-likeness (QED) is 0.833. The molecule has 1 aromatic heterocycles. The van der Waals surface area contributed by atoms with Crippen molar-refractivity contribution in [1.29, 1.82) is 0 Å². The molecule has 23 heavy (non-hydrogen) atoms. The first kappa shape index (κ1) is 17.1. The summed E-state index contributed by atoms with van der Waals surface area (Å²) in [4.78, 5) is 13.5. The molecule has 0 aliphatic carbocycles. The molecule has 1 heterocycles. The summed E-state index contributed by atoms with van der Waals surface area (Å²) in [5.41, 5.74) is 0.524. The zero-order valence-electron chi connectivity index (χ0n) is 12.3. The smallest absolute Gasteiger partial charge is 0.387 e. The van der Waals surface area contributed by atoms with E-state index in [1.807, 2.05) is 0 Å². The second kappa shape index (κ2) is 7.82. The number of nitrogens with zero attached hydrogens (tertiary/aromatic N) is 1. The van der Waals surface area contributed by atoms with Crippen molar-refractivity contribution in [1.82, 2.24) is 4.90 Å². The van der Waals surface area contributed by atoms with Crippen molar-refractivity contribution < 1.29 is 22.7 Å². The Bertz CT molecular complexity index is 650. The van der Waals surface area contributed by atoms with Gasteiger partial charge >= 0.3 is 6.61 Å². The highest BCUT2D eigenvalue weighted by molar-refractivity contribution is 6.32. The summed E-state index contributed by atoms with van der Waals surface area (Å²) >= 11 is 5.84. The summed E-state index contributed by atoms with van der Waals surface area (Å²) in [5, 5.41) is 2.91. The van der Waals surface area contributed by atoms with Gasteiger partial charge in [-0.3, -0.25) is 4.79 Å². The maximum Gasteiger partial charge on any atom is 0.387 e. The molecule has 5 nitrogen and oxygen atoms in total. The number of hydrogen-bond acceptors (Lipinski definition) is 4. The van der Waals surface area contributed by atoms with Gasteiger partial charge in [-0.15, -0.1) is 0 Å². The van der Waals surface area contributed by atoms with Gasteiger partial charge < -0.3 is 19.4 Å². The standard InChI is InChI=1S/C15H15ClF2N2O3/c1-20(9-11-3-2-6-22-11)14(21)8-19-10-4-5-13(12(16)7-10)23-15(17)18/h2-7,15,19H,8-9H2,1H3. The third-order valence-electron chi connectivity index (χ3n) is 2.99. The van der Waals surface area contributed by atoms with Gasteiger partial charge in [0.05, 0.1) is 24.4 Å². The van der Waals surface area contributed by atoms with Crippen LogP contribution in [0.4, 0.5) is 14.5 Å². The normalized spacial score (nSPS) is 10.7. The van der Waals surface area contributed by atoms with Crippen LogP contribution in [0.3, 0.4) is 0 Å². The van der Waals surface area contributed by atoms with Gasteiger partial charge in [0, 0.05) is 12.7 Å².